The Kier molecular flexibility index (Phi) is 4.57. The fourth-order valence-electron chi connectivity index (χ4n) is 4.80. The summed E-state index contributed by atoms with van der Waals surface area (Å²) in [4.78, 5) is 22.8. The Hall–Kier alpha value is -2.76. The van der Waals surface area contributed by atoms with Crippen molar-refractivity contribution in [2.75, 3.05) is 7.05 Å². The van der Waals surface area contributed by atoms with Gasteiger partial charge in [-0.05, 0) is 56.7 Å². The molecule has 0 bridgehead atoms. The lowest BCUT2D eigenvalue weighted by atomic mass is 9.91. The number of rotatable bonds is 3. The van der Waals surface area contributed by atoms with Crippen LogP contribution >= 0.6 is 0 Å². The number of carbonyl (C=O) groups excluding carboxylic acids is 1. The van der Waals surface area contributed by atoms with Gasteiger partial charge in [-0.15, -0.1) is 0 Å². The largest absolute Gasteiger partial charge is 0.358 e. The summed E-state index contributed by atoms with van der Waals surface area (Å²) in [7, 11) is 1.86. The quantitative estimate of drug-likeness (QED) is 0.715. The van der Waals surface area contributed by atoms with Crippen molar-refractivity contribution >= 4 is 16.9 Å². The van der Waals surface area contributed by atoms with Crippen LogP contribution in [0.1, 0.15) is 47.6 Å². The SMILES string of the molecule is Cc1ccc2[nH]c3c(c2c1)CC(NC(=O)N(C)Cc1cn2c(n1)CCCC2)CC3. The van der Waals surface area contributed by atoms with Crippen LogP contribution in [-0.2, 0) is 32.4 Å². The molecule has 5 rings (SSSR count). The number of fused-ring (bicyclic) bond motifs is 4. The molecule has 6 nitrogen and oxygen atoms in total. The van der Waals surface area contributed by atoms with Gasteiger partial charge >= 0.3 is 6.03 Å². The molecule has 1 atom stereocenters. The second-order valence-electron chi connectivity index (χ2n) is 8.68. The van der Waals surface area contributed by atoms with Crippen LogP contribution in [0.5, 0.6) is 0 Å². The normalized spacial score (nSPS) is 18.3. The van der Waals surface area contributed by atoms with Gasteiger partial charge in [0, 0.05) is 48.8 Å². The van der Waals surface area contributed by atoms with Gasteiger partial charge in [-0.3, -0.25) is 0 Å². The summed E-state index contributed by atoms with van der Waals surface area (Å²) in [5.74, 6) is 1.16. The Morgan fingerprint density at radius 3 is 3.10 bits per heavy atom. The van der Waals surface area contributed by atoms with E-state index < -0.39 is 0 Å². The molecule has 1 unspecified atom stereocenters. The fraction of sp³-hybridized carbons (Fsp3) is 0.478. The molecule has 152 valence electrons. The van der Waals surface area contributed by atoms with Crippen molar-refractivity contribution in [1.82, 2.24) is 24.8 Å². The minimum absolute atomic E-state index is 0.0135. The second kappa shape index (κ2) is 7.25. The summed E-state index contributed by atoms with van der Waals surface area (Å²) in [6, 6.07) is 6.72. The molecular formula is C23H29N5O. The molecule has 0 radical (unpaired) electrons. The van der Waals surface area contributed by atoms with Crippen molar-refractivity contribution in [2.45, 2.75) is 64.6 Å². The molecule has 1 aliphatic carbocycles. The van der Waals surface area contributed by atoms with Crippen molar-refractivity contribution in [3.8, 4) is 0 Å². The molecule has 0 saturated carbocycles. The maximum Gasteiger partial charge on any atom is 0.317 e. The van der Waals surface area contributed by atoms with Crippen molar-refractivity contribution in [2.24, 2.45) is 0 Å². The maximum absolute atomic E-state index is 12.8. The number of urea groups is 1. The average Bonchev–Trinajstić information content (AvgIpc) is 3.28. The highest BCUT2D eigenvalue weighted by atomic mass is 16.2. The zero-order chi connectivity index (χ0) is 20.0. The van der Waals surface area contributed by atoms with Crippen LogP contribution < -0.4 is 5.32 Å². The van der Waals surface area contributed by atoms with Crippen LogP contribution in [0.3, 0.4) is 0 Å². The third-order valence-electron chi connectivity index (χ3n) is 6.38. The predicted octanol–water partition coefficient (Wildman–Crippen LogP) is 3.71. The number of nitrogens with zero attached hydrogens (tertiary/aromatic N) is 3. The highest BCUT2D eigenvalue weighted by molar-refractivity contribution is 5.86. The lowest BCUT2D eigenvalue weighted by Crippen LogP contribution is -2.45. The van der Waals surface area contributed by atoms with E-state index in [0.29, 0.717) is 6.54 Å². The van der Waals surface area contributed by atoms with Crippen LogP contribution in [-0.4, -0.2) is 38.6 Å². The summed E-state index contributed by atoms with van der Waals surface area (Å²) >= 11 is 0. The number of carbonyl (C=O) groups is 1. The first-order chi connectivity index (χ1) is 14.1. The van der Waals surface area contributed by atoms with Crippen molar-refractivity contribution in [1.29, 1.82) is 0 Å². The third-order valence-corrected chi connectivity index (χ3v) is 6.38. The van der Waals surface area contributed by atoms with Gasteiger partial charge in [0.25, 0.3) is 0 Å². The molecule has 0 saturated heterocycles. The zero-order valence-corrected chi connectivity index (χ0v) is 17.3. The van der Waals surface area contributed by atoms with Gasteiger partial charge in [0.05, 0.1) is 12.2 Å². The smallest absolute Gasteiger partial charge is 0.317 e. The minimum Gasteiger partial charge on any atom is -0.358 e. The first-order valence-corrected chi connectivity index (χ1v) is 10.7. The van der Waals surface area contributed by atoms with Gasteiger partial charge < -0.3 is 19.8 Å². The molecule has 2 aromatic heterocycles. The number of hydrogen-bond donors (Lipinski definition) is 2. The van der Waals surface area contributed by atoms with E-state index >= 15 is 0 Å². The fourth-order valence-corrected chi connectivity index (χ4v) is 4.80. The van der Waals surface area contributed by atoms with E-state index in [4.69, 9.17) is 4.98 Å². The second-order valence-corrected chi connectivity index (χ2v) is 8.68. The first kappa shape index (κ1) is 18.3. The van der Waals surface area contributed by atoms with Gasteiger partial charge in [0.1, 0.15) is 5.82 Å². The summed E-state index contributed by atoms with van der Waals surface area (Å²) in [5.41, 5.74) is 6.15. The van der Waals surface area contributed by atoms with E-state index in [-0.39, 0.29) is 12.1 Å². The Morgan fingerprint density at radius 2 is 2.24 bits per heavy atom. The Balaban J connectivity index is 1.24. The summed E-state index contributed by atoms with van der Waals surface area (Å²) in [5, 5.41) is 4.55. The number of aryl methyl sites for hydroxylation is 4. The Morgan fingerprint density at radius 1 is 1.34 bits per heavy atom. The van der Waals surface area contributed by atoms with E-state index in [0.717, 1.165) is 43.7 Å². The van der Waals surface area contributed by atoms with E-state index in [1.54, 1.807) is 4.90 Å². The number of imidazole rings is 1. The number of nitrogens with one attached hydrogen (secondary N) is 2. The molecule has 0 fully saturated rings. The number of aromatic nitrogens is 3. The van der Waals surface area contributed by atoms with Crippen molar-refractivity contribution in [3.63, 3.8) is 0 Å². The molecule has 29 heavy (non-hydrogen) atoms. The van der Waals surface area contributed by atoms with E-state index in [1.807, 2.05) is 7.05 Å². The van der Waals surface area contributed by atoms with Gasteiger partial charge in [-0.1, -0.05) is 11.6 Å². The predicted molar refractivity (Wildman–Crippen MR) is 114 cm³/mol. The van der Waals surface area contributed by atoms with Gasteiger partial charge in [-0.2, -0.15) is 0 Å². The third kappa shape index (κ3) is 3.52. The standard InChI is InChI=1S/C23H29N5O/c1-15-6-8-20-18(11-15)19-12-16(7-9-21(19)26-20)25-23(29)27(2)13-17-14-28-10-4-3-5-22(28)24-17/h6,8,11,14,16,26H,3-5,7,9-10,12-13H2,1-2H3,(H,25,29). The highest BCUT2D eigenvalue weighted by Crippen LogP contribution is 2.30. The molecule has 3 heterocycles. The van der Waals surface area contributed by atoms with Crippen LogP contribution in [0.15, 0.2) is 24.4 Å². The topological polar surface area (TPSA) is 66.0 Å². The summed E-state index contributed by atoms with van der Waals surface area (Å²) < 4.78 is 2.24. The van der Waals surface area contributed by atoms with Gasteiger partial charge in [0.15, 0.2) is 0 Å². The van der Waals surface area contributed by atoms with Crippen LogP contribution in [0, 0.1) is 6.92 Å². The van der Waals surface area contributed by atoms with E-state index in [1.165, 1.54) is 40.6 Å². The monoisotopic (exact) mass is 391 g/mol. The van der Waals surface area contributed by atoms with Crippen molar-refractivity contribution in [3.05, 3.63) is 52.7 Å². The molecule has 6 heteroatoms. The number of benzene rings is 1. The summed E-state index contributed by atoms with van der Waals surface area (Å²) in [6.07, 6.45) is 8.42. The Labute approximate surface area is 171 Å². The van der Waals surface area contributed by atoms with Crippen molar-refractivity contribution < 1.29 is 4.79 Å². The molecule has 1 aliphatic heterocycles. The summed E-state index contributed by atoms with van der Waals surface area (Å²) in [6.45, 7) is 3.73. The van der Waals surface area contributed by atoms with E-state index in [9.17, 15) is 4.79 Å². The molecule has 2 amide bonds. The molecule has 1 aromatic carbocycles. The highest BCUT2D eigenvalue weighted by Gasteiger charge is 2.25. The molecule has 2 N–H and O–H groups in total. The molecule has 2 aliphatic rings. The molecular weight excluding hydrogens is 362 g/mol. The van der Waals surface area contributed by atoms with Gasteiger partial charge in [0.2, 0.25) is 0 Å². The van der Waals surface area contributed by atoms with Crippen LogP contribution in [0.25, 0.3) is 10.9 Å². The van der Waals surface area contributed by atoms with Gasteiger partial charge in [-0.25, -0.2) is 9.78 Å². The maximum atomic E-state index is 12.8. The number of amides is 2. The van der Waals surface area contributed by atoms with E-state index in [2.05, 4.69) is 46.2 Å². The molecule has 3 aromatic rings. The lowest BCUT2D eigenvalue weighted by molar-refractivity contribution is 0.200. The lowest BCUT2D eigenvalue weighted by Gasteiger charge is -2.26. The first-order valence-electron chi connectivity index (χ1n) is 10.7. The minimum atomic E-state index is -0.0135. The number of H-pyrrole nitrogens is 1. The Bertz CT molecular complexity index is 1040. The number of hydrogen-bond acceptors (Lipinski definition) is 2. The van der Waals surface area contributed by atoms with Crippen LogP contribution in [0.2, 0.25) is 0 Å². The van der Waals surface area contributed by atoms with Crippen LogP contribution in [0.4, 0.5) is 4.79 Å². The average molecular weight is 392 g/mol. The molecule has 0 spiro atoms. The number of aromatic amines is 1. The zero-order valence-electron chi connectivity index (χ0n) is 17.3.